The van der Waals surface area contributed by atoms with E-state index >= 15 is 0 Å². The molecule has 1 aromatic rings. The molecular formula is C11H18N2. The largest absolute Gasteiger partial charge is 0.270 e. The first-order valence-electron chi connectivity index (χ1n) is 5.43. The Bertz CT molecular complexity index is 259. The van der Waals surface area contributed by atoms with Crippen LogP contribution in [0.3, 0.4) is 0 Å². The lowest BCUT2D eigenvalue weighted by Crippen LogP contribution is -2.11. The number of nitrogens with zero attached hydrogens (tertiary/aromatic N) is 2. The zero-order valence-electron chi connectivity index (χ0n) is 8.37. The fraction of sp³-hybridized carbons (Fsp3) is 0.727. The minimum absolute atomic E-state index is 0.788. The summed E-state index contributed by atoms with van der Waals surface area (Å²) in [7, 11) is 0. The second-order valence-electron chi connectivity index (χ2n) is 3.91. The summed E-state index contributed by atoms with van der Waals surface area (Å²) in [4.78, 5) is 0. The van der Waals surface area contributed by atoms with Crippen LogP contribution in [-0.4, -0.2) is 9.78 Å². The monoisotopic (exact) mass is 178 g/mol. The molecule has 0 N–H and O–H groups in total. The van der Waals surface area contributed by atoms with E-state index in [0.717, 1.165) is 12.5 Å². The van der Waals surface area contributed by atoms with Crippen molar-refractivity contribution in [3.63, 3.8) is 0 Å². The molecule has 0 radical (unpaired) electrons. The summed E-state index contributed by atoms with van der Waals surface area (Å²) in [6, 6.07) is 2.19. The lowest BCUT2D eigenvalue weighted by atomic mass is 9.87. The van der Waals surface area contributed by atoms with Crippen molar-refractivity contribution >= 4 is 0 Å². The van der Waals surface area contributed by atoms with Crippen LogP contribution in [0.4, 0.5) is 0 Å². The van der Waals surface area contributed by atoms with E-state index < -0.39 is 0 Å². The molecule has 1 aliphatic carbocycles. The fourth-order valence-corrected chi connectivity index (χ4v) is 2.35. The maximum Gasteiger partial charge on any atom is 0.0492 e. The molecule has 0 saturated heterocycles. The summed E-state index contributed by atoms with van der Waals surface area (Å²) in [6.07, 6.45) is 8.90. The molecule has 72 valence electrons. The molecule has 1 heterocycles. The van der Waals surface area contributed by atoms with E-state index in [9.17, 15) is 0 Å². The minimum atomic E-state index is 0.788. The Balaban J connectivity index is 2.13. The Morgan fingerprint density at radius 3 is 2.85 bits per heavy atom. The van der Waals surface area contributed by atoms with Crippen molar-refractivity contribution in [3.05, 3.63) is 18.0 Å². The summed E-state index contributed by atoms with van der Waals surface area (Å²) >= 11 is 0. The summed E-state index contributed by atoms with van der Waals surface area (Å²) in [5, 5.41) is 4.33. The van der Waals surface area contributed by atoms with Gasteiger partial charge in [0.15, 0.2) is 0 Å². The van der Waals surface area contributed by atoms with Crippen molar-refractivity contribution < 1.29 is 0 Å². The Morgan fingerprint density at radius 1 is 1.38 bits per heavy atom. The van der Waals surface area contributed by atoms with Gasteiger partial charge in [0.05, 0.1) is 0 Å². The highest BCUT2D eigenvalue weighted by molar-refractivity contribution is 5.08. The number of hydrogen-bond acceptors (Lipinski definition) is 1. The third-order valence-corrected chi connectivity index (χ3v) is 3.07. The van der Waals surface area contributed by atoms with Gasteiger partial charge in [-0.15, -0.1) is 0 Å². The van der Waals surface area contributed by atoms with E-state index in [0.29, 0.717) is 0 Å². The highest BCUT2D eigenvalue weighted by atomic mass is 15.3. The van der Waals surface area contributed by atoms with Crippen LogP contribution in [0.5, 0.6) is 0 Å². The Kier molecular flexibility index (Phi) is 2.67. The van der Waals surface area contributed by atoms with Gasteiger partial charge in [-0.05, 0) is 25.8 Å². The third-order valence-electron chi connectivity index (χ3n) is 3.07. The molecule has 0 spiro atoms. The van der Waals surface area contributed by atoms with Crippen LogP contribution in [0, 0.1) is 0 Å². The van der Waals surface area contributed by atoms with Crippen LogP contribution in [0.25, 0.3) is 0 Å². The van der Waals surface area contributed by atoms with Crippen LogP contribution < -0.4 is 0 Å². The zero-order valence-corrected chi connectivity index (χ0v) is 8.37. The molecule has 1 aromatic heterocycles. The molecule has 1 fully saturated rings. The topological polar surface area (TPSA) is 17.8 Å². The van der Waals surface area contributed by atoms with Gasteiger partial charge in [0.25, 0.3) is 0 Å². The predicted octanol–water partition coefficient (Wildman–Crippen LogP) is 2.95. The first kappa shape index (κ1) is 8.79. The molecule has 0 amide bonds. The van der Waals surface area contributed by atoms with Crippen molar-refractivity contribution in [1.82, 2.24) is 9.78 Å². The Labute approximate surface area is 80.0 Å². The van der Waals surface area contributed by atoms with Gasteiger partial charge in [0.2, 0.25) is 0 Å². The first-order chi connectivity index (χ1) is 6.42. The molecular weight excluding hydrogens is 160 g/mol. The molecule has 2 heteroatoms. The minimum Gasteiger partial charge on any atom is -0.270 e. The Morgan fingerprint density at radius 2 is 2.15 bits per heavy atom. The van der Waals surface area contributed by atoms with Gasteiger partial charge in [0.1, 0.15) is 0 Å². The smallest absolute Gasteiger partial charge is 0.0492 e. The molecule has 0 aliphatic heterocycles. The number of aryl methyl sites for hydroxylation is 1. The van der Waals surface area contributed by atoms with E-state index in [2.05, 4.69) is 22.8 Å². The van der Waals surface area contributed by atoms with Crippen molar-refractivity contribution in [1.29, 1.82) is 0 Å². The molecule has 2 nitrogen and oxygen atoms in total. The number of hydrogen-bond donors (Lipinski definition) is 0. The zero-order chi connectivity index (χ0) is 9.10. The summed E-state index contributed by atoms with van der Waals surface area (Å²) < 4.78 is 2.15. The summed E-state index contributed by atoms with van der Waals surface area (Å²) in [5.74, 6) is 0.788. The van der Waals surface area contributed by atoms with Gasteiger partial charge in [-0.1, -0.05) is 19.3 Å². The molecule has 0 atom stereocenters. The van der Waals surface area contributed by atoms with E-state index in [1.165, 1.54) is 37.8 Å². The lowest BCUT2D eigenvalue weighted by Gasteiger charge is -2.22. The molecule has 13 heavy (non-hydrogen) atoms. The number of rotatable bonds is 2. The maximum atomic E-state index is 4.33. The first-order valence-corrected chi connectivity index (χ1v) is 5.43. The van der Waals surface area contributed by atoms with E-state index in [-0.39, 0.29) is 0 Å². The van der Waals surface area contributed by atoms with E-state index in [4.69, 9.17) is 0 Å². The molecule has 0 aromatic carbocycles. The third kappa shape index (κ3) is 1.77. The van der Waals surface area contributed by atoms with Crippen molar-refractivity contribution in [2.45, 2.75) is 51.5 Å². The average molecular weight is 178 g/mol. The normalized spacial score (nSPS) is 19.2. The average Bonchev–Trinajstić information content (AvgIpc) is 2.67. The van der Waals surface area contributed by atoms with Crippen LogP contribution >= 0.6 is 0 Å². The highest BCUT2D eigenvalue weighted by Crippen LogP contribution is 2.32. The predicted molar refractivity (Wildman–Crippen MR) is 53.7 cm³/mol. The molecule has 1 saturated carbocycles. The number of aromatic nitrogens is 2. The summed E-state index contributed by atoms with van der Waals surface area (Å²) in [5.41, 5.74) is 1.46. The summed E-state index contributed by atoms with van der Waals surface area (Å²) in [6.45, 7) is 3.18. The standard InChI is InChI=1S/C11H18N2/c1-2-13-11(8-9-12-13)10-6-4-3-5-7-10/h8-10H,2-7H2,1H3. The molecule has 1 aliphatic rings. The SMILES string of the molecule is CCn1nccc1C1CCCCC1. The van der Waals surface area contributed by atoms with Crippen LogP contribution in [-0.2, 0) is 6.54 Å². The van der Waals surface area contributed by atoms with Crippen molar-refractivity contribution in [2.24, 2.45) is 0 Å². The van der Waals surface area contributed by atoms with Crippen LogP contribution in [0.1, 0.15) is 50.6 Å². The van der Waals surface area contributed by atoms with Crippen molar-refractivity contribution in [3.8, 4) is 0 Å². The van der Waals surface area contributed by atoms with Gasteiger partial charge in [0, 0.05) is 24.4 Å². The Hall–Kier alpha value is -0.790. The highest BCUT2D eigenvalue weighted by Gasteiger charge is 2.18. The fourth-order valence-electron chi connectivity index (χ4n) is 2.35. The second kappa shape index (κ2) is 3.95. The van der Waals surface area contributed by atoms with Gasteiger partial charge in [-0.25, -0.2) is 0 Å². The quantitative estimate of drug-likeness (QED) is 0.680. The van der Waals surface area contributed by atoms with Gasteiger partial charge in [-0.3, -0.25) is 4.68 Å². The van der Waals surface area contributed by atoms with Crippen LogP contribution in [0.2, 0.25) is 0 Å². The second-order valence-corrected chi connectivity index (χ2v) is 3.91. The molecule has 0 bridgehead atoms. The lowest BCUT2D eigenvalue weighted by molar-refractivity contribution is 0.418. The molecule has 2 rings (SSSR count). The van der Waals surface area contributed by atoms with Crippen LogP contribution in [0.15, 0.2) is 12.3 Å². The maximum absolute atomic E-state index is 4.33. The molecule has 0 unspecified atom stereocenters. The van der Waals surface area contributed by atoms with Gasteiger partial charge >= 0.3 is 0 Å². The van der Waals surface area contributed by atoms with Gasteiger partial charge < -0.3 is 0 Å². The van der Waals surface area contributed by atoms with Crippen molar-refractivity contribution in [2.75, 3.05) is 0 Å². The van der Waals surface area contributed by atoms with E-state index in [1.807, 2.05) is 6.20 Å². The van der Waals surface area contributed by atoms with E-state index in [1.54, 1.807) is 0 Å². The van der Waals surface area contributed by atoms with Gasteiger partial charge in [-0.2, -0.15) is 5.10 Å².